The zero-order valence-electron chi connectivity index (χ0n) is 16.8. The van der Waals surface area contributed by atoms with Gasteiger partial charge in [0.1, 0.15) is 17.4 Å². The summed E-state index contributed by atoms with van der Waals surface area (Å²) in [5, 5.41) is 12.5. The fraction of sp³-hybridized carbons (Fsp3) is 0.333. The summed E-state index contributed by atoms with van der Waals surface area (Å²) in [6.45, 7) is 3.83. The van der Waals surface area contributed by atoms with Gasteiger partial charge in [-0.25, -0.2) is 0 Å². The van der Waals surface area contributed by atoms with Gasteiger partial charge < -0.3 is 15.0 Å². The molecule has 0 spiro atoms. The summed E-state index contributed by atoms with van der Waals surface area (Å²) in [4.78, 5) is 14.6. The third kappa shape index (κ3) is 5.61. The van der Waals surface area contributed by atoms with E-state index in [1.54, 1.807) is 4.90 Å². The van der Waals surface area contributed by atoms with E-state index in [1.807, 2.05) is 43.3 Å². The molecule has 2 aromatic rings. The van der Waals surface area contributed by atoms with Gasteiger partial charge in [-0.3, -0.25) is 4.79 Å². The van der Waals surface area contributed by atoms with Crippen molar-refractivity contribution in [3.63, 3.8) is 0 Å². The van der Waals surface area contributed by atoms with E-state index >= 15 is 0 Å². The van der Waals surface area contributed by atoms with Crippen molar-refractivity contribution in [1.29, 1.82) is 5.26 Å². The predicted molar refractivity (Wildman–Crippen MR) is 114 cm³/mol. The molecule has 2 aromatic carbocycles. The Bertz CT molecular complexity index is 878. The standard InChI is InChI=1S/C24H27N3O2/c1-2-29-23-11-7-6-10-22(23)26-18-21(17-25)24(28)27-14-12-20(13-15-27)16-19-8-4-3-5-9-19/h3-11,18,20,26H,2,12-16H2,1H3/b21-18-. The number of nitrogens with zero attached hydrogens (tertiary/aromatic N) is 2. The summed E-state index contributed by atoms with van der Waals surface area (Å²) < 4.78 is 5.57. The number of benzene rings is 2. The number of carbonyl (C=O) groups is 1. The van der Waals surface area contributed by atoms with Crippen LogP contribution in [-0.2, 0) is 11.2 Å². The Kier molecular flexibility index (Phi) is 7.29. The van der Waals surface area contributed by atoms with Crippen molar-refractivity contribution in [3.8, 4) is 11.8 Å². The number of para-hydroxylation sites is 2. The number of piperidine rings is 1. The average molecular weight is 389 g/mol. The number of carbonyl (C=O) groups excluding carboxylic acids is 1. The van der Waals surface area contributed by atoms with Crippen LogP contribution >= 0.6 is 0 Å². The van der Waals surface area contributed by atoms with Gasteiger partial charge in [-0.05, 0) is 49.8 Å². The molecule has 1 saturated heterocycles. The van der Waals surface area contributed by atoms with Crippen molar-refractivity contribution in [1.82, 2.24) is 4.90 Å². The van der Waals surface area contributed by atoms with Crippen LogP contribution in [0.4, 0.5) is 5.69 Å². The highest BCUT2D eigenvalue weighted by Gasteiger charge is 2.25. The molecule has 1 aliphatic rings. The Morgan fingerprint density at radius 3 is 2.55 bits per heavy atom. The summed E-state index contributed by atoms with van der Waals surface area (Å²) >= 11 is 0. The predicted octanol–water partition coefficient (Wildman–Crippen LogP) is 4.39. The van der Waals surface area contributed by atoms with E-state index in [4.69, 9.17) is 4.74 Å². The number of nitrogens with one attached hydrogen (secondary N) is 1. The van der Waals surface area contributed by atoms with Crippen LogP contribution in [0, 0.1) is 17.2 Å². The van der Waals surface area contributed by atoms with Crippen molar-refractivity contribution >= 4 is 11.6 Å². The highest BCUT2D eigenvalue weighted by atomic mass is 16.5. The molecule has 150 valence electrons. The average Bonchev–Trinajstić information content (AvgIpc) is 2.76. The smallest absolute Gasteiger partial charge is 0.266 e. The van der Waals surface area contributed by atoms with Gasteiger partial charge in [-0.2, -0.15) is 5.26 Å². The second-order valence-electron chi connectivity index (χ2n) is 7.17. The van der Waals surface area contributed by atoms with Gasteiger partial charge in [0.2, 0.25) is 0 Å². The Morgan fingerprint density at radius 2 is 1.86 bits per heavy atom. The first-order chi connectivity index (χ1) is 14.2. The number of amides is 1. The molecule has 1 N–H and O–H groups in total. The summed E-state index contributed by atoms with van der Waals surface area (Å²) in [6, 6.07) is 20.0. The van der Waals surface area contributed by atoms with E-state index in [-0.39, 0.29) is 11.5 Å². The van der Waals surface area contributed by atoms with Crippen LogP contribution in [0.5, 0.6) is 5.75 Å². The molecule has 0 atom stereocenters. The molecular formula is C24H27N3O2. The highest BCUT2D eigenvalue weighted by Crippen LogP contribution is 2.25. The number of ether oxygens (including phenoxy) is 1. The Balaban J connectivity index is 1.58. The molecule has 0 aromatic heterocycles. The molecule has 29 heavy (non-hydrogen) atoms. The van der Waals surface area contributed by atoms with Crippen molar-refractivity contribution in [2.24, 2.45) is 5.92 Å². The first kappa shape index (κ1) is 20.5. The Labute approximate surface area is 172 Å². The molecule has 0 radical (unpaired) electrons. The van der Waals surface area contributed by atoms with Gasteiger partial charge in [0.15, 0.2) is 0 Å². The molecule has 3 rings (SSSR count). The second kappa shape index (κ2) is 10.3. The largest absolute Gasteiger partial charge is 0.492 e. The summed E-state index contributed by atoms with van der Waals surface area (Å²) in [7, 11) is 0. The van der Waals surface area contributed by atoms with Crippen LogP contribution in [0.25, 0.3) is 0 Å². The molecule has 5 nitrogen and oxygen atoms in total. The van der Waals surface area contributed by atoms with Gasteiger partial charge >= 0.3 is 0 Å². The lowest BCUT2D eigenvalue weighted by Gasteiger charge is -2.32. The van der Waals surface area contributed by atoms with Crippen LogP contribution in [0.3, 0.4) is 0 Å². The van der Waals surface area contributed by atoms with Gasteiger partial charge in [0, 0.05) is 19.3 Å². The van der Waals surface area contributed by atoms with Crippen molar-refractivity contribution in [2.45, 2.75) is 26.2 Å². The highest BCUT2D eigenvalue weighted by molar-refractivity contribution is 5.97. The number of rotatable bonds is 7. The first-order valence-electron chi connectivity index (χ1n) is 10.1. The maximum absolute atomic E-state index is 12.8. The lowest BCUT2D eigenvalue weighted by molar-refractivity contribution is -0.128. The van der Waals surface area contributed by atoms with Crippen LogP contribution in [-0.4, -0.2) is 30.5 Å². The zero-order chi connectivity index (χ0) is 20.5. The Morgan fingerprint density at radius 1 is 1.17 bits per heavy atom. The van der Waals surface area contributed by atoms with E-state index in [2.05, 4.69) is 29.6 Å². The van der Waals surface area contributed by atoms with E-state index in [0.29, 0.717) is 31.4 Å². The SMILES string of the molecule is CCOc1ccccc1N/C=C(/C#N)C(=O)N1CCC(Cc2ccccc2)CC1. The normalized spacial score (nSPS) is 14.9. The number of likely N-dealkylation sites (tertiary alicyclic amines) is 1. The van der Waals surface area contributed by atoms with Gasteiger partial charge in [-0.1, -0.05) is 42.5 Å². The van der Waals surface area contributed by atoms with Crippen molar-refractivity contribution < 1.29 is 9.53 Å². The minimum atomic E-state index is -0.216. The quantitative estimate of drug-likeness (QED) is 0.564. The van der Waals surface area contributed by atoms with Gasteiger partial charge in [-0.15, -0.1) is 0 Å². The van der Waals surface area contributed by atoms with Crippen LogP contribution in [0.1, 0.15) is 25.3 Å². The maximum Gasteiger partial charge on any atom is 0.266 e. The third-order valence-electron chi connectivity index (χ3n) is 5.18. The molecule has 5 heteroatoms. The molecule has 0 unspecified atom stereocenters. The van der Waals surface area contributed by atoms with Crippen molar-refractivity contribution in [3.05, 3.63) is 71.9 Å². The van der Waals surface area contributed by atoms with E-state index < -0.39 is 0 Å². The number of hydrogen-bond acceptors (Lipinski definition) is 4. The molecule has 0 bridgehead atoms. The monoisotopic (exact) mass is 389 g/mol. The summed E-state index contributed by atoms with van der Waals surface area (Å²) in [5.41, 5.74) is 2.18. The van der Waals surface area contributed by atoms with E-state index in [0.717, 1.165) is 24.9 Å². The maximum atomic E-state index is 12.8. The number of hydrogen-bond donors (Lipinski definition) is 1. The van der Waals surface area contributed by atoms with E-state index in [9.17, 15) is 10.1 Å². The molecule has 1 fully saturated rings. The topological polar surface area (TPSA) is 65.4 Å². The van der Waals surface area contributed by atoms with Crippen LogP contribution in [0.2, 0.25) is 0 Å². The number of anilines is 1. The van der Waals surface area contributed by atoms with Crippen LogP contribution in [0.15, 0.2) is 66.4 Å². The number of nitriles is 1. The van der Waals surface area contributed by atoms with Crippen molar-refractivity contribution in [2.75, 3.05) is 25.0 Å². The Hall–Kier alpha value is -3.26. The fourth-order valence-electron chi connectivity index (χ4n) is 3.62. The fourth-order valence-corrected chi connectivity index (χ4v) is 3.62. The first-order valence-corrected chi connectivity index (χ1v) is 10.1. The molecule has 1 amide bonds. The second-order valence-corrected chi connectivity index (χ2v) is 7.17. The minimum Gasteiger partial charge on any atom is -0.492 e. The van der Waals surface area contributed by atoms with Gasteiger partial charge in [0.05, 0.1) is 12.3 Å². The van der Waals surface area contributed by atoms with E-state index in [1.165, 1.54) is 11.8 Å². The molecular weight excluding hydrogens is 362 g/mol. The summed E-state index contributed by atoms with van der Waals surface area (Å²) in [5.74, 6) is 1.05. The molecule has 1 heterocycles. The van der Waals surface area contributed by atoms with Gasteiger partial charge in [0.25, 0.3) is 5.91 Å². The summed E-state index contributed by atoms with van der Waals surface area (Å²) in [6.07, 6.45) is 4.44. The van der Waals surface area contributed by atoms with Crippen LogP contribution < -0.4 is 10.1 Å². The lowest BCUT2D eigenvalue weighted by atomic mass is 9.90. The molecule has 0 saturated carbocycles. The molecule has 1 aliphatic heterocycles. The minimum absolute atomic E-state index is 0.109. The lowest BCUT2D eigenvalue weighted by Crippen LogP contribution is -2.39. The molecule has 0 aliphatic carbocycles. The third-order valence-corrected chi connectivity index (χ3v) is 5.18. The zero-order valence-corrected chi connectivity index (χ0v) is 16.8.